The average molecular weight is 357 g/mol. The number of carbonyl (C=O) groups excluding carboxylic acids is 2. The lowest BCUT2D eigenvalue weighted by Gasteiger charge is -2.10. The molecular weight excluding hydrogens is 334 g/mol. The van der Waals surface area contributed by atoms with E-state index in [0.29, 0.717) is 17.1 Å². The largest absolute Gasteiger partial charge is 0.491 e. The molecule has 6 heteroatoms. The zero-order valence-corrected chi connectivity index (χ0v) is 14.9. The summed E-state index contributed by atoms with van der Waals surface area (Å²) in [6.45, 7) is 4.02. The molecule has 6 nitrogen and oxygen atoms in total. The number of esters is 1. The minimum absolute atomic E-state index is 0.0651. The van der Waals surface area contributed by atoms with Crippen LogP contribution in [0.2, 0.25) is 0 Å². The maximum Gasteiger partial charge on any atom is 0.325 e. The molecule has 0 aromatic heterocycles. The van der Waals surface area contributed by atoms with Crippen LogP contribution >= 0.6 is 0 Å². The van der Waals surface area contributed by atoms with Gasteiger partial charge in [-0.2, -0.15) is 0 Å². The molecule has 0 spiro atoms. The van der Waals surface area contributed by atoms with Crippen molar-refractivity contribution in [3.8, 4) is 11.5 Å². The highest BCUT2D eigenvalue weighted by Gasteiger charge is 2.09. The number of amides is 1. The highest BCUT2D eigenvalue weighted by molar-refractivity contribution is 5.96. The zero-order chi connectivity index (χ0) is 18.8. The second-order valence-corrected chi connectivity index (χ2v) is 5.76. The predicted molar refractivity (Wildman–Crippen MR) is 97.4 cm³/mol. The molecule has 0 aliphatic rings. The van der Waals surface area contributed by atoms with Gasteiger partial charge in [0.1, 0.15) is 31.3 Å². The predicted octanol–water partition coefficient (Wildman–Crippen LogP) is 2.83. The fraction of sp³-hybridized carbons (Fsp3) is 0.300. The number of ether oxygens (including phenoxy) is 3. The van der Waals surface area contributed by atoms with Crippen LogP contribution in [0.3, 0.4) is 0 Å². The van der Waals surface area contributed by atoms with Crippen LogP contribution < -0.4 is 14.8 Å². The monoisotopic (exact) mass is 357 g/mol. The molecule has 0 unspecified atom stereocenters. The normalized spacial score (nSPS) is 10.3. The molecular formula is C20H23NO5. The van der Waals surface area contributed by atoms with E-state index in [1.54, 1.807) is 24.3 Å². The van der Waals surface area contributed by atoms with Crippen molar-refractivity contribution < 1.29 is 23.8 Å². The van der Waals surface area contributed by atoms with E-state index in [-0.39, 0.29) is 31.8 Å². The first kappa shape index (κ1) is 19.3. The highest BCUT2D eigenvalue weighted by Crippen LogP contribution is 2.13. The van der Waals surface area contributed by atoms with Crippen LogP contribution in [-0.2, 0) is 9.53 Å². The van der Waals surface area contributed by atoms with Gasteiger partial charge in [-0.3, -0.25) is 9.59 Å². The number of benzene rings is 2. The molecule has 2 rings (SSSR count). The van der Waals surface area contributed by atoms with Gasteiger partial charge in [-0.15, -0.1) is 0 Å². The number of hydrogen-bond donors (Lipinski definition) is 1. The summed E-state index contributed by atoms with van der Waals surface area (Å²) < 4.78 is 15.9. The Bertz CT molecular complexity index is 698. The Hall–Kier alpha value is -3.02. The molecule has 26 heavy (non-hydrogen) atoms. The van der Waals surface area contributed by atoms with Crippen LogP contribution in [0.5, 0.6) is 11.5 Å². The Morgan fingerprint density at radius 2 is 1.62 bits per heavy atom. The van der Waals surface area contributed by atoms with Crippen LogP contribution in [0.1, 0.15) is 24.2 Å². The summed E-state index contributed by atoms with van der Waals surface area (Å²) in [6, 6.07) is 16.0. The summed E-state index contributed by atoms with van der Waals surface area (Å²) >= 11 is 0. The fourth-order valence-corrected chi connectivity index (χ4v) is 2.09. The van der Waals surface area contributed by atoms with Gasteiger partial charge in [-0.25, -0.2) is 0 Å². The Balaban J connectivity index is 1.65. The lowest BCUT2D eigenvalue weighted by Crippen LogP contribution is -2.31. The molecule has 1 N–H and O–H groups in total. The summed E-state index contributed by atoms with van der Waals surface area (Å²) in [6.07, 6.45) is 0.0651. The number of para-hydroxylation sites is 1. The molecule has 2 aromatic rings. The second kappa shape index (κ2) is 10.1. The van der Waals surface area contributed by atoms with Gasteiger partial charge in [0.2, 0.25) is 0 Å². The van der Waals surface area contributed by atoms with Gasteiger partial charge in [-0.05, 0) is 50.2 Å². The number of nitrogens with one attached hydrogen (secondary N) is 1. The average Bonchev–Trinajstić information content (AvgIpc) is 2.64. The number of carbonyl (C=O) groups is 2. The molecule has 0 aliphatic carbocycles. The molecule has 2 aromatic carbocycles. The molecule has 0 fully saturated rings. The van der Waals surface area contributed by atoms with E-state index in [9.17, 15) is 9.59 Å². The smallest absolute Gasteiger partial charge is 0.325 e. The molecule has 0 atom stereocenters. The van der Waals surface area contributed by atoms with Crippen LogP contribution in [0.15, 0.2) is 54.6 Å². The summed E-state index contributed by atoms with van der Waals surface area (Å²) in [5, 5.41) is 2.52. The van der Waals surface area contributed by atoms with Crippen molar-refractivity contribution in [1.29, 1.82) is 0 Å². The molecule has 0 heterocycles. The van der Waals surface area contributed by atoms with Crippen LogP contribution in [0, 0.1) is 0 Å². The first-order valence-corrected chi connectivity index (χ1v) is 8.43. The third-order valence-electron chi connectivity index (χ3n) is 3.24. The summed E-state index contributed by atoms with van der Waals surface area (Å²) in [5.41, 5.74) is 0.446. The van der Waals surface area contributed by atoms with Crippen molar-refractivity contribution >= 4 is 11.9 Å². The SMILES string of the molecule is CC(C)Oc1ccc(C(=O)NCC(=O)OCCOc2ccccc2)cc1. The lowest BCUT2D eigenvalue weighted by atomic mass is 10.2. The Morgan fingerprint density at radius 1 is 0.923 bits per heavy atom. The van der Waals surface area contributed by atoms with Gasteiger partial charge in [0.15, 0.2) is 0 Å². The van der Waals surface area contributed by atoms with E-state index in [4.69, 9.17) is 14.2 Å². The Labute approximate surface area is 153 Å². The third-order valence-corrected chi connectivity index (χ3v) is 3.24. The van der Waals surface area contributed by atoms with Crippen LogP contribution in [0.25, 0.3) is 0 Å². The maximum atomic E-state index is 12.0. The minimum Gasteiger partial charge on any atom is -0.491 e. The Morgan fingerprint density at radius 3 is 2.27 bits per heavy atom. The third kappa shape index (κ3) is 6.84. The van der Waals surface area contributed by atoms with Crippen molar-refractivity contribution in [2.45, 2.75) is 20.0 Å². The Kier molecular flexibility index (Phi) is 7.49. The first-order chi connectivity index (χ1) is 12.5. The first-order valence-electron chi connectivity index (χ1n) is 8.43. The van der Waals surface area contributed by atoms with Gasteiger partial charge in [-0.1, -0.05) is 18.2 Å². The molecule has 0 radical (unpaired) electrons. The van der Waals surface area contributed by atoms with Gasteiger partial charge in [0.25, 0.3) is 5.91 Å². The molecule has 0 aliphatic heterocycles. The van der Waals surface area contributed by atoms with E-state index in [1.807, 2.05) is 44.2 Å². The van der Waals surface area contributed by atoms with Gasteiger partial charge >= 0.3 is 5.97 Å². The van der Waals surface area contributed by atoms with Crippen LogP contribution in [0.4, 0.5) is 0 Å². The second-order valence-electron chi connectivity index (χ2n) is 5.76. The standard InChI is InChI=1S/C20H23NO5/c1-15(2)26-18-10-8-16(9-11-18)20(23)21-14-19(22)25-13-12-24-17-6-4-3-5-7-17/h3-11,15H,12-14H2,1-2H3,(H,21,23). The highest BCUT2D eigenvalue weighted by atomic mass is 16.6. The van der Waals surface area contributed by atoms with E-state index in [2.05, 4.69) is 5.32 Å². The summed E-state index contributed by atoms with van der Waals surface area (Å²) in [4.78, 5) is 23.7. The fourth-order valence-electron chi connectivity index (χ4n) is 2.09. The van der Waals surface area contributed by atoms with Gasteiger partial charge < -0.3 is 19.5 Å². The topological polar surface area (TPSA) is 73.9 Å². The molecule has 0 bridgehead atoms. The van der Waals surface area contributed by atoms with E-state index in [0.717, 1.165) is 0 Å². The van der Waals surface area contributed by atoms with E-state index < -0.39 is 5.97 Å². The van der Waals surface area contributed by atoms with Gasteiger partial charge in [0.05, 0.1) is 6.10 Å². The molecule has 0 saturated heterocycles. The van der Waals surface area contributed by atoms with Gasteiger partial charge in [0, 0.05) is 5.56 Å². The van der Waals surface area contributed by atoms with Crippen LogP contribution in [-0.4, -0.2) is 37.7 Å². The zero-order valence-electron chi connectivity index (χ0n) is 14.9. The van der Waals surface area contributed by atoms with Crippen molar-refractivity contribution in [3.63, 3.8) is 0 Å². The lowest BCUT2D eigenvalue weighted by molar-refractivity contribution is -0.143. The van der Waals surface area contributed by atoms with Crippen molar-refractivity contribution in [2.75, 3.05) is 19.8 Å². The molecule has 0 saturated carbocycles. The van der Waals surface area contributed by atoms with E-state index in [1.165, 1.54) is 0 Å². The minimum atomic E-state index is -0.519. The quantitative estimate of drug-likeness (QED) is 0.552. The molecule has 138 valence electrons. The number of rotatable bonds is 9. The molecule has 1 amide bonds. The maximum absolute atomic E-state index is 12.0. The van der Waals surface area contributed by atoms with E-state index >= 15 is 0 Å². The number of hydrogen-bond acceptors (Lipinski definition) is 5. The summed E-state index contributed by atoms with van der Waals surface area (Å²) in [5.74, 6) is 0.532. The van der Waals surface area contributed by atoms with Crippen molar-refractivity contribution in [1.82, 2.24) is 5.32 Å². The van der Waals surface area contributed by atoms with Crippen molar-refractivity contribution in [3.05, 3.63) is 60.2 Å². The summed E-state index contributed by atoms with van der Waals surface area (Å²) in [7, 11) is 0. The van der Waals surface area contributed by atoms with Crippen molar-refractivity contribution in [2.24, 2.45) is 0 Å².